The Kier molecular flexibility index (Phi) is 3.83. The van der Waals surface area contributed by atoms with Crippen molar-refractivity contribution in [2.75, 3.05) is 12.3 Å². The van der Waals surface area contributed by atoms with Crippen LogP contribution >= 0.6 is 0 Å². The van der Waals surface area contributed by atoms with Gasteiger partial charge in [0.05, 0.1) is 0 Å². The van der Waals surface area contributed by atoms with Crippen LogP contribution in [0.15, 0.2) is 5.16 Å². The first-order valence-electron chi connectivity index (χ1n) is 6.16. The fourth-order valence-corrected chi connectivity index (χ4v) is 3.48. The van der Waals surface area contributed by atoms with Crippen LogP contribution in [-0.4, -0.2) is 57.8 Å². The molecule has 0 N–H and O–H groups in total. The van der Waals surface area contributed by atoms with Crippen molar-refractivity contribution in [3.05, 3.63) is 0 Å². The van der Waals surface area contributed by atoms with E-state index in [1.165, 1.54) is 7.05 Å². The standard InChI is InChI=1S/C10H17N5O3S/c1-8-5-3-4-6-15(8)9(16)7-19(17,18)10-11-12-13-14(10)2/h8H,3-7H2,1-2H3. The average Bonchev–Trinajstić information content (AvgIpc) is 2.76. The number of carbonyl (C=O) groups is 1. The van der Waals surface area contributed by atoms with Crippen molar-refractivity contribution < 1.29 is 13.2 Å². The Morgan fingerprint density at radius 2 is 2.16 bits per heavy atom. The number of piperidine rings is 1. The van der Waals surface area contributed by atoms with Crippen molar-refractivity contribution >= 4 is 15.7 Å². The number of aromatic nitrogens is 4. The summed E-state index contributed by atoms with van der Waals surface area (Å²) in [4.78, 5) is 13.7. The van der Waals surface area contributed by atoms with Crippen LogP contribution in [-0.2, 0) is 21.7 Å². The van der Waals surface area contributed by atoms with Crippen LogP contribution in [0.5, 0.6) is 0 Å². The molecule has 19 heavy (non-hydrogen) atoms. The summed E-state index contributed by atoms with van der Waals surface area (Å²) in [6.07, 6.45) is 2.91. The molecule has 1 amide bonds. The van der Waals surface area contributed by atoms with Crippen molar-refractivity contribution in [2.24, 2.45) is 7.05 Å². The largest absolute Gasteiger partial charge is 0.339 e. The summed E-state index contributed by atoms with van der Waals surface area (Å²) in [5.41, 5.74) is 0. The fourth-order valence-electron chi connectivity index (χ4n) is 2.26. The smallest absolute Gasteiger partial charge is 0.267 e. The summed E-state index contributed by atoms with van der Waals surface area (Å²) in [6, 6.07) is 0.0917. The predicted molar refractivity (Wildman–Crippen MR) is 65.9 cm³/mol. The van der Waals surface area contributed by atoms with Crippen molar-refractivity contribution in [3.8, 4) is 0 Å². The summed E-state index contributed by atoms with van der Waals surface area (Å²) >= 11 is 0. The summed E-state index contributed by atoms with van der Waals surface area (Å²) < 4.78 is 25.2. The normalized spacial score (nSPS) is 20.5. The minimum atomic E-state index is -3.78. The molecule has 8 nitrogen and oxygen atoms in total. The highest BCUT2D eigenvalue weighted by molar-refractivity contribution is 7.91. The molecular weight excluding hydrogens is 270 g/mol. The minimum Gasteiger partial charge on any atom is -0.339 e. The Labute approximate surface area is 111 Å². The Balaban J connectivity index is 2.12. The summed E-state index contributed by atoms with van der Waals surface area (Å²) in [7, 11) is -2.35. The maximum absolute atomic E-state index is 12.1. The highest BCUT2D eigenvalue weighted by Gasteiger charge is 2.30. The van der Waals surface area contributed by atoms with E-state index < -0.39 is 15.6 Å². The van der Waals surface area contributed by atoms with Gasteiger partial charge in [-0.2, -0.15) is 0 Å². The Morgan fingerprint density at radius 3 is 2.74 bits per heavy atom. The molecule has 0 spiro atoms. The van der Waals surface area contributed by atoms with Gasteiger partial charge < -0.3 is 4.90 Å². The molecule has 1 saturated heterocycles. The maximum atomic E-state index is 12.1. The molecule has 0 radical (unpaired) electrons. The Morgan fingerprint density at radius 1 is 1.42 bits per heavy atom. The number of rotatable bonds is 3. The van der Waals surface area contributed by atoms with Gasteiger partial charge in [0.2, 0.25) is 15.7 Å². The zero-order valence-electron chi connectivity index (χ0n) is 11.0. The fraction of sp³-hybridized carbons (Fsp3) is 0.800. The second-order valence-electron chi connectivity index (χ2n) is 4.78. The topological polar surface area (TPSA) is 98.1 Å². The van der Waals surface area contributed by atoms with Gasteiger partial charge in [-0.1, -0.05) is 5.10 Å². The highest BCUT2D eigenvalue weighted by atomic mass is 32.2. The van der Waals surface area contributed by atoms with E-state index in [9.17, 15) is 13.2 Å². The van der Waals surface area contributed by atoms with Crippen molar-refractivity contribution in [1.82, 2.24) is 25.1 Å². The lowest BCUT2D eigenvalue weighted by atomic mass is 10.0. The molecule has 1 unspecified atom stereocenters. The molecule has 9 heteroatoms. The van der Waals surface area contributed by atoms with E-state index in [1.54, 1.807) is 4.90 Å². The van der Waals surface area contributed by atoms with Gasteiger partial charge in [-0.3, -0.25) is 4.79 Å². The van der Waals surface area contributed by atoms with Crippen LogP contribution < -0.4 is 0 Å². The third kappa shape index (κ3) is 2.91. The molecule has 2 heterocycles. The van der Waals surface area contributed by atoms with Gasteiger partial charge >= 0.3 is 0 Å². The third-order valence-electron chi connectivity index (χ3n) is 3.30. The molecule has 2 rings (SSSR count). The zero-order valence-corrected chi connectivity index (χ0v) is 11.8. The van der Waals surface area contributed by atoms with Crippen molar-refractivity contribution in [1.29, 1.82) is 0 Å². The van der Waals surface area contributed by atoms with Crippen LogP contribution in [0.25, 0.3) is 0 Å². The average molecular weight is 287 g/mol. The molecule has 1 aromatic heterocycles. The molecular formula is C10H17N5O3S. The number of hydrogen-bond acceptors (Lipinski definition) is 6. The maximum Gasteiger partial charge on any atom is 0.267 e. The lowest BCUT2D eigenvalue weighted by Crippen LogP contribution is -2.44. The van der Waals surface area contributed by atoms with Crippen LogP contribution in [0, 0.1) is 0 Å². The van der Waals surface area contributed by atoms with Gasteiger partial charge in [0.25, 0.3) is 5.16 Å². The molecule has 0 aliphatic carbocycles. The van der Waals surface area contributed by atoms with E-state index in [4.69, 9.17) is 0 Å². The van der Waals surface area contributed by atoms with E-state index in [2.05, 4.69) is 15.5 Å². The number of carbonyl (C=O) groups excluding carboxylic acids is 1. The number of hydrogen-bond donors (Lipinski definition) is 0. The molecule has 0 aromatic carbocycles. The number of tetrazole rings is 1. The quantitative estimate of drug-likeness (QED) is 0.735. The minimum absolute atomic E-state index is 0.0917. The SMILES string of the molecule is CC1CCCCN1C(=O)CS(=O)(=O)c1nnnn1C. The number of nitrogens with zero attached hydrogens (tertiary/aromatic N) is 5. The lowest BCUT2D eigenvalue weighted by molar-refractivity contribution is -0.131. The lowest BCUT2D eigenvalue weighted by Gasteiger charge is -2.33. The van der Waals surface area contributed by atoms with Crippen LogP contribution in [0.1, 0.15) is 26.2 Å². The van der Waals surface area contributed by atoms with Gasteiger partial charge in [0.1, 0.15) is 5.75 Å². The van der Waals surface area contributed by atoms with Gasteiger partial charge in [-0.05, 0) is 36.6 Å². The van der Waals surface area contributed by atoms with Crippen molar-refractivity contribution in [3.63, 3.8) is 0 Å². The van der Waals surface area contributed by atoms with Crippen molar-refractivity contribution in [2.45, 2.75) is 37.4 Å². The molecule has 1 aromatic rings. The van der Waals surface area contributed by atoms with Gasteiger partial charge in [-0.15, -0.1) is 0 Å². The predicted octanol–water partition coefficient (Wildman–Crippen LogP) is -0.615. The molecule has 1 aliphatic rings. The van der Waals surface area contributed by atoms with Crippen LogP contribution in [0.3, 0.4) is 0 Å². The monoisotopic (exact) mass is 287 g/mol. The van der Waals surface area contributed by atoms with E-state index in [1.807, 2.05) is 6.92 Å². The third-order valence-corrected chi connectivity index (χ3v) is 4.83. The van der Waals surface area contributed by atoms with Crippen LogP contribution in [0.2, 0.25) is 0 Å². The van der Waals surface area contributed by atoms with E-state index in [0.29, 0.717) is 6.54 Å². The molecule has 1 aliphatic heterocycles. The second kappa shape index (κ2) is 5.24. The number of likely N-dealkylation sites (tertiary alicyclic amines) is 1. The summed E-state index contributed by atoms with van der Waals surface area (Å²) in [6.45, 7) is 2.56. The second-order valence-corrected chi connectivity index (χ2v) is 6.66. The number of aryl methyl sites for hydroxylation is 1. The summed E-state index contributed by atoms with van der Waals surface area (Å²) in [5, 5.41) is 9.93. The molecule has 106 valence electrons. The Hall–Kier alpha value is -1.51. The van der Waals surface area contributed by atoms with Gasteiger partial charge in [-0.25, -0.2) is 13.1 Å². The number of sulfone groups is 1. The summed E-state index contributed by atoms with van der Waals surface area (Å²) in [5.74, 6) is -0.957. The molecule has 1 fully saturated rings. The first-order valence-corrected chi connectivity index (χ1v) is 7.81. The van der Waals surface area contributed by atoms with Gasteiger partial charge in [0, 0.05) is 19.6 Å². The van der Waals surface area contributed by atoms with E-state index in [-0.39, 0.29) is 17.1 Å². The van der Waals surface area contributed by atoms with Crippen LogP contribution in [0.4, 0.5) is 0 Å². The molecule has 0 saturated carbocycles. The zero-order chi connectivity index (χ0) is 14.0. The Bertz CT molecular complexity index is 567. The highest BCUT2D eigenvalue weighted by Crippen LogP contribution is 2.17. The van der Waals surface area contributed by atoms with Gasteiger partial charge in [0.15, 0.2) is 0 Å². The first-order chi connectivity index (χ1) is 8.92. The van der Waals surface area contributed by atoms with E-state index in [0.717, 1.165) is 23.9 Å². The van der Waals surface area contributed by atoms with E-state index >= 15 is 0 Å². The molecule has 1 atom stereocenters. The first kappa shape index (κ1) is 13.9. The number of amides is 1. The molecule has 0 bridgehead atoms.